The van der Waals surface area contributed by atoms with Crippen molar-refractivity contribution in [1.82, 2.24) is 5.32 Å². The third-order valence-corrected chi connectivity index (χ3v) is 3.99. The molecule has 2 rings (SSSR count). The summed E-state index contributed by atoms with van der Waals surface area (Å²) >= 11 is 0. The molecule has 0 saturated heterocycles. The highest BCUT2D eigenvalue weighted by Gasteiger charge is 2.47. The summed E-state index contributed by atoms with van der Waals surface area (Å²) in [4.78, 5) is 12.4. The Balaban J connectivity index is 2.11. The number of halogens is 1. The molecule has 1 amide bonds. The molecule has 0 spiro atoms. The molecule has 20 heavy (non-hydrogen) atoms. The zero-order chi connectivity index (χ0) is 14.6. The molecular formula is C15H20FNO3. The predicted molar refractivity (Wildman–Crippen MR) is 72.7 cm³/mol. The van der Waals surface area contributed by atoms with E-state index in [1.165, 1.54) is 20.3 Å². The maximum Gasteiger partial charge on any atom is 0.230 e. The third-order valence-electron chi connectivity index (χ3n) is 3.99. The minimum absolute atomic E-state index is 0.159. The summed E-state index contributed by atoms with van der Waals surface area (Å²) in [5.41, 5.74) is -0.257. The van der Waals surface area contributed by atoms with Crippen molar-refractivity contribution in [3.05, 3.63) is 35.6 Å². The van der Waals surface area contributed by atoms with Crippen molar-refractivity contribution in [1.29, 1.82) is 0 Å². The van der Waals surface area contributed by atoms with Crippen LogP contribution in [0.3, 0.4) is 0 Å². The minimum Gasteiger partial charge on any atom is -0.354 e. The third kappa shape index (κ3) is 2.69. The zero-order valence-electron chi connectivity index (χ0n) is 11.8. The van der Waals surface area contributed by atoms with E-state index in [0.29, 0.717) is 18.4 Å². The van der Waals surface area contributed by atoms with E-state index in [9.17, 15) is 9.18 Å². The van der Waals surface area contributed by atoms with Crippen LogP contribution in [0.1, 0.15) is 24.8 Å². The molecule has 1 aliphatic rings. The molecule has 0 aliphatic heterocycles. The van der Waals surface area contributed by atoms with E-state index in [1.807, 2.05) is 0 Å². The van der Waals surface area contributed by atoms with Gasteiger partial charge in [0.1, 0.15) is 5.82 Å². The number of benzene rings is 1. The summed E-state index contributed by atoms with van der Waals surface area (Å²) in [6, 6.07) is 6.49. The molecule has 0 atom stereocenters. The maximum atomic E-state index is 14.0. The van der Waals surface area contributed by atoms with Gasteiger partial charge in [-0.3, -0.25) is 4.79 Å². The molecule has 0 heterocycles. The zero-order valence-corrected chi connectivity index (χ0v) is 11.8. The number of hydrogen-bond acceptors (Lipinski definition) is 3. The highest BCUT2D eigenvalue weighted by Crippen LogP contribution is 2.44. The highest BCUT2D eigenvalue weighted by molar-refractivity contribution is 5.89. The number of hydrogen-bond donors (Lipinski definition) is 1. The summed E-state index contributed by atoms with van der Waals surface area (Å²) in [7, 11) is 3.02. The van der Waals surface area contributed by atoms with Gasteiger partial charge < -0.3 is 14.8 Å². The summed E-state index contributed by atoms with van der Waals surface area (Å²) < 4.78 is 24.0. The smallest absolute Gasteiger partial charge is 0.230 e. The van der Waals surface area contributed by atoms with Gasteiger partial charge in [-0.05, 0) is 18.9 Å². The fraction of sp³-hybridized carbons (Fsp3) is 0.533. The number of carbonyl (C=O) groups excluding carboxylic acids is 1. The lowest BCUT2D eigenvalue weighted by Gasteiger charge is -2.41. The Labute approximate surface area is 118 Å². The second kappa shape index (κ2) is 6.33. The second-order valence-electron chi connectivity index (χ2n) is 5.03. The lowest BCUT2D eigenvalue weighted by atomic mass is 9.63. The van der Waals surface area contributed by atoms with Crippen molar-refractivity contribution in [3.63, 3.8) is 0 Å². The van der Waals surface area contributed by atoms with Crippen LogP contribution in [0.15, 0.2) is 24.3 Å². The quantitative estimate of drug-likeness (QED) is 0.811. The van der Waals surface area contributed by atoms with Crippen molar-refractivity contribution in [2.75, 3.05) is 20.8 Å². The first-order chi connectivity index (χ1) is 9.64. The Bertz CT molecular complexity index is 470. The van der Waals surface area contributed by atoms with Crippen molar-refractivity contribution >= 4 is 5.91 Å². The molecule has 0 unspecified atom stereocenters. The molecule has 0 aromatic heterocycles. The van der Waals surface area contributed by atoms with E-state index in [4.69, 9.17) is 9.47 Å². The molecule has 1 N–H and O–H groups in total. The Morgan fingerprint density at radius 1 is 1.35 bits per heavy atom. The molecular weight excluding hydrogens is 261 g/mol. The molecule has 1 aromatic carbocycles. The van der Waals surface area contributed by atoms with E-state index in [1.54, 1.807) is 18.2 Å². The molecule has 4 nitrogen and oxygen atoms in total. The van der Waals surface area contributed by atoms with E-state index in [0.717, 1.165) is 6.42 Å². The van der Waals surface area contributed by atoms with Crippen LogP contribution in [0.5, 0.6) is 0 Å². The van der Waals surface area contributed by atoms with Gasteiger partial charge in [0.25, 0.3) is 0 Å². The fourth-order valence-corrected chi connectivity index (χ4v) is 2.61. The summed E-state index contributed by atoms with van der Waals surface area (Å²) in [6.07, 6.45) is 1.78. The van der Waals surface area contributed by atoms with Gasteiger partial charge in [0.05, 0.1) is 12.0 Å². The van der Waals surface area contributed by atoms with Crippen molar-refractivity contribution in [3.8, 4) is 0 Å². The van der Waals surface area contributed by atoms with Crippen LogP contribution in [0.2, 0.25) is 0 Å². The fourth-order valence-electron chi connectivity index (χ4n) is 2.61. The predicted octanol–water partition coefficient (Wildman–Crippen LogP) is 1.98. The molecule has 1 aliphatic carbocycles. The normalized spacial score (nSPS) is 16.8. The molecule has 110 valence electrons. The first kappa shape index (κ1) is 14.9. The van der Waals surface area contributed by atoms with Crippen LogP contribution < -0.4 is 5.32 Å². The van der Waals surface area contributed by atoms with Crippen LogP contribution in [0.25, 0.3) is 0 Å². The van der Waals surface area contributed by atoms with Gasteiger partial charge in [0.15, 0.2) is 6.29 Å². The van der Waals surface area contributed by atoms with Gasteiger partial charge in [-0.2, -0.15) is 0 Å². The van der Waals surface area contributed by atoms with Gasteiger partial charge in [0.2, 0.25) is 5.91 Å². The Morgan fingerprint density at radius 2 is 2.00 bits per heavy atom. The van der Waals surface area contributed by atoms with Gasteiger partial charge in [0, 0.05) is 19.8 Å². The summed E-state index contributed by atoms with van der Waals surface area (Å²) in [6.45, 7) is 0.252. The first-order valence-corrected chi connectivity index (χ1v) is 6.73. The van der Waals surface area contributed by atoms with Gasteiger partial charge >= 0.3 is 0 Å². The van der Waals surface area contributed by atoms with Gasteiger partial charge in [-0.15, -0.1) is 0 Å². The van der Waals surface area contributed by atoms with Gasteiger partial charge in [-0.1, -0.05) is 24.6 Å². The van der Waals surface area contributed by atoms with E-state index in [2.05, 4.69) is 5.32 Å². The number of carbonyl (C=O) groups is 1. The highest BCUT2D eigenvalue weighted by atomic mass is 19.1. The second-order valence-corrected chi connectivity index (χ2v) is 5.03. The molecule has 0 bridgehead atoms. The number of ether oxygens (including phenoxy) is 2. The maximum absolute atomic E-state index is 14.0. The number of nitrogens with one attached hydrogen (secondary N) is 1. The van der Waals surface area contributed by atoms with Crippen LogP contribution >= 0.6 is 0 Å². The number of rotatable bonds is 6. The van der Waals surface area contributed by atoms with Crippen molar-refractivity contribution in [2.45, 2.75) is 31.0 Å². The van der Waals surface area contributed by atoms with Crippen LogP contribution in [0, 0.1) is 5.82 Å². The molecule has 1 fully saturated rings. The topological polar surface area (TPSA) is 47.6 Å². The van der Waals surface area contributed by atoms with E-state index in [-0.39, 0.29) is 18.3 Å². The average molecular weight is 281 g/mol. The van der Waals surface area contributed by atoms with Crippen LogP contribution in [-0.4, -0.2) is 33.0 Å². The molecule has 5 heteroatoms. The van der Waals surface area contributed by atoms with Crippen molar-refractivity contribution < 1.29 is 18.7 Å². The van der Waals surface area contributed by atoms with Gasteiger partial charge in [-0.25, -0.2) is 4.39 Å². The number of methoxy groups -OCH3 is 2. The Kier molecular flexibility index (Phi) is 4.73. The monoisotopic (exact) mass is 281 g/mol. The number of amides is 1. The lowest BCUT2D eigenvalue weighted by Crippen LogP contribution is -2.51. The van der Waals surface area contributed by atoms with E-state index < -0.39 is 11.7 Å². The van der Waals surface area contributed by atoms with Crippen LogP contribution in [-0.2, 0) is 19.7 Å². The molecule has 1 aromatic rings. The Morgan fingerprint density at radius 3 is 2.50 bits per heavy atom. The summed E-state index contributed by atoms with van der Waals surface area (Å²) in [5.74, 6) is -0.481. The lowest BCUT2D eigenvalue weighted by molar-refractivity contribution is -0.135. The molecule has 0 radical (unpaired) electrons. The largest absolute Gasteiger partial charge is 0.354 e. The van der Waals surface area contributed by atoms with E-state index >= 15 is 0 Å². The Hall–Kier alpha value is -1.46. The summed E-state index contributed by atoms with van der Waals surface area (Å²) in [5, 5.41) is 2.80. The average Bonchev–Trinajstić information content (AvgIpc) is 2.41. The standard InChI is InChI=1S/C15H20FNO3/c1-19-13(20-2)10-17-14(18)15(8-5-9-15)11-6-3-4-7-12(11)16/h3-4,6-7,13H,5,8-10H2,1-2H3,(H,17,18). The van der Waals surface area contributed by atoms with Crippen molar-refractivity contribution in [2.24, 2.45) is 0 Å². The first-order valence-electron chi connectivity index (χ1n) is 6.73. The van der Waals surface area contributed by atoms with Crippen LogP contribution in [0.4, 0.5) is 4.39 Å². The molecule has 1 saturated carbocycles. The SMILES string of the molecule is COC(CNC(=O)C1(c2ccccc2F)CCC1)OC. The minimum atomic E-state index is -0.739.